The molecule has 0 spiro atoms. The van der Waals surface area contributed by atoms with Gasteiger partial charge in [0.1, 0.15) is 0 Å². The van der Waals surface area contributed by atoms with Crippen LogP contribution >= 0.6 is 0 Å². The molecule has 0 aromatic heterocycles. The lowest BCUT2D eigenvalue weighted by atomic mass is 9.71. The van der Waals surface area contributed by atoms with Crippen LogP contribution in [0.1, 0.15) is 43.2 Å². The van der Waals surface area contributed by atoms with Gasteiger partial charge in [0.2, 0.25) is 5.91 Å². The highest BCUT2D eigenvalue weighted by Crippen LogP contribution is 2.44. The highest BCUT2D eigenvalue weighted by molar-refractivity contribution is 5.77. The second kappa shape index (κ2) is 8.19. The fraction of sp³-hybridized carbons (Fsp3) is 0.650. The molecule has 5 heteroatoms. The van der Waals surface area contributed by atoms with Crippen LogP contribution in [0.3, 0.4) is 0 Å². The molecule has 1 fully saturated rings. The van der Waals surface area contributed by atoms with Crippen molar-refractivity contribution >= 4 is 11.6 Å². The molecule has 4 N–H and O–H groups in total. The number of nitrogens with two attached hydrogens (primary N) is 1. The van der Waals surface area contributed by atoms with E-state index in [-0.39, 0.29) is 12.5 Å². The summed E-state index contributed by atoms with van der Waals surface area (Å²) in [6.45, 7) is 5.29. The minimum Gasteiger partial charge on any atom is -0.388 e. The predicted octanol–water partition coefficient (Wildman–Crippen LogP) is 1.93. The van der Waals surface area contributed by atoms with Gasteiger partial charge < -0.3 is 16.4 Å². The van der Waals surface area contributed by atoms with E-state index in [1.54, 1.807) is 0 Å². The molecule has 2 aliphatic rings. The molecule has 0 bridgehead atoms. The second-order valence-corrected chi connectivity index (χ2v) is 7.44. The van der Waals surface area contributed by atoms with Crippen LogP contribution < -0.4 is 16.4 Å². The van der Waals surface area contributed by atoms with E-state index in [2.05, 4.69) is 40.7 Å². The van der Waals surface area contributed by atoms with E-state index >= 15 is 0 Å². The van der Waals surface area contributed by atoms with Crippen LogP contribution in [0.2, 0.25) is 0 Å². The number of piperidine rings is 1. The van der Waals surface area contributed by atoms with E-state index in [1.165, 1.54) is 29.7 Å². The molecule has 25 heavy (non-hydrogen) atoms. The Morgan fingerprint density at radius 2 is 2.24 bits per heavy atom. The third-order valence-corrected chi connectivity index (χ3v) is 5.87. The average molecular weight is 345 g/mol. The fourth-order valence-electron chi connectivity index (χ4n) is 4.81. The number of hydrogen-bond acceptors (Lipinski definition) is 4. The number of fused-ring (bicyclic) bond motifs is 3. The molecule has 3 atom stereocenters. The summed E-state index contributed by atoms with van der Waals surface area (Å²) in [6.07, 6.45) is 4.71. The van der Waals surface area contributed by atoms with Gasteiger partial charge in [-0.2, -0.15) is 0 Å². The molecule has 1 aromatic rings. The normalized spacial score (nSPS) is 25.8. The molecular weight excluding hydrogens is 312 g/mol. The van der Waals surface area contributed by atoms with Gasteiger partial charge in [-0.05, 0) is 55.3 Å². The molecule has 1 aromatic carbocycles. The Kier molecular flexibility index (Phi) is 5.97. The van der Waals surface area contributed by atoms with Crippen molar-refractivity contribution in [2.75, 3.05) is 38.5 Å². The zero-order valence-corrected chi connectivity index (χ0v) is 15.6. The van der Waals surface area contributed by atoms with E-state index in [0.717, 1.165) is 32.5 Å². The molecule has 1 heterocycles. The van der Waals surface area contributed by atoms with Crippen molar-refractivity contribution in [3.8, 4) is 0 Å². The van der Waals surface area contributed by atoms with Crippen molar-refractivity contribution in [2.24, 2.45) is 11.7 Å². The zero-order valence-electron chi connectivity index (χ0n) is 15.6. The number of likely N-dealkylation sites (tertiary alicyclic amines) is 1. The third kappa shape index (κ3) is 3.82. The van der Waals surface area contributed by atoms with Crippen molar-refractivity contribution < 1.29 is 4.79 Å². The van der Waals surface area contributed by atoms with Crippen molar-refractivity contribution in [3.63, 3.8) is 0 Å². The lowest BCUT2D eigenvalue weighted by Gasteiger charge is -2.48. The SMILES string of the molecule is CCCN1C[C@H](CNC(=O)CN)C[C@@H]2c3cccc(NC)c3CC[C@H]21. The van der Waals surface area contributed by atoms with Crippen LogP contribution in [0.4, 0.5) is 5.69 Å². The van der Waals surface area contributed by atoms with Crippen LogP contribution in [0.15, 0.2) is 18.2 Å². The quantitative estimate of drug-likeness (QED) is 0.737. The lowest BCUT2D eigenvalue weighted by molar-refractivity contribution is -0.120. The Morgan fingerprint density at radius 1 is 1.40 bits per heavy atom. The molecule has 3 rings (SSSR count). The van der Waals surface area contributed by atoms with Crippen LogP contribution in [0.25, 0.3) is 0 Å². The van der Waals surface area contributed by atoms with E-state index < -0.39 is 0 Å². The summed E-state index contributed by atoms with van der Waals surface area (Å²) >= 11 is 0. The molecule has 138 valence electrons. The van der Waals surface area contributed by atoms with Gasteiger partial charge in [-0.25, -0.2) is 0 Å². The first kappa shape index (κ1) is 18.2. The van der Waals surface area contributed by atoms with Gasteiger partial charge >= 0.3 is 0 Å². The van der Waals surface area contributed by atoms with Gasteiger partial charge in [-0.3, -0.25) is 9.69 Å². The van der Waals surface area contributed by atoms with Crippen molar-refractivity contribution in [1.29, 1.82) is 0 Å². The summed E-state index contributed by atoms with van der Waals surface area (Å²) in [7, 11) is 2.01. The van der Waals surface area contributed by atoms with Gasteiger partial charge in [0.25, 0.3) is 0 Å². The Labute approximate surface area is 151 Å². The minimum atomic E-state index is -0.0503. The first-order chi connectivity index (χ1) is 12.2. The van der Waals surface area contributed by atoms with E-state index in [1.807, 2.05) is 7.05 Å². The lowest BCUT2D eigenvalue weighted by Crippen LogP contribution is -2.52. The number of hydrogen-bond donors (Lipinski definition) is 3. The number of nitrogens with one attached hydrogen (secondary N) is 2. The zero-order chi connectivity index (χ0) is 17.8. The summed E-state index contributed by atoms with van der Waals surface area (Å²) in [5.74, 6) is 1.01. The molecule has 1 aliphatic carbocycles. The number of carbonyl (C=O) groups excluding carboxylic acids is 1. The Hall–Kier alpha value is -1.59. The summed E-state index contributed by atoms with van der Waals surface area (Å²) in [5, 5.41) is 6.37. The summed E-state index contributed by atoms with van der Waals surface area (Å²) in [5.41, 5.74) is 9.72. The highest BCUT2D eigenvalue weighted by Gasteiger charge is 2.39. The number of carbonyl (C=O) groups is 1. The Morgan fingerprint density at radius 3 is 2.96 bits per heavy atom. The summed E-state index contributed by atoms with van der Waals surface area (Å²) in [4.78, 5) is 14.2. The van der Waals surface area contributed by atoms with Gasteiger partial charge in [-0.15, -0.1) is 0 Å². The average Bonchev–Trinajstić information content (AvgIpc) is 2.65. The summed E-state index contributed by atoms with van der Waals surface area (Å²) < 4.78 is 0. The maximum Gasteiger partial charge on any atom is 0.233 e. The van der Waals surface area contributed by atoms with E-state index in [4.69, 9.17) is 5.73 Å². The fourth-order valence-corrected chi connectivity index (χ4v) is 4.81. The molecule has 0 unspecified atom stereocenters. The van der Waals surface area contributed by atoms with Gasteiger partial charge in [0, 0.05) is 37.8 Å². The number of amides is 1. The first-order valence-corrected chi connectivity index (χ1v) is 9.68. The Bertz CT molecular complexity index is 603. The summed E-state index contributed by atoms with van der Waals surface area (Å²) in [6, 6.07) is 7.32. The van der Waals surface area contributed by atoms with E-state index in [9.17, 15) is 4.79 Å². The topological polar surface area (TPSA) is 70.4 Å². The minimum absolute atomic E-state index is 0.0503. The molecule has 0 saturated carbocycles. The van der Waals surface area contributed by atoms with Crippen molar-refractivity contribution in [1.82, 2.24) is 10.2 Å². The van der Waals surface area contributed by atoms with Crippen LogP contribution in [0.5, 0.6) is 0 Å². The number of nitrogens with zero attached hydrogens (tertiary/aromatic N) is 1. The van der Waals surface area contributed by atoms with Crippen molar-refractivity contribution in [2.45, 2.75) is 44.6 Å². The smallest absolute Gasteiger partial charge is 0.233 e. The maximum absolute atomic E-state index is 11.6. The molecule has 1 amide bonds. The molecular formula is C20H32N4O. The molecule has 5 nitrogen and oxygen atoms in total. The van der Waals surface area contributed by atoms with Crippen molar-refractivity contribution in [3.05, 3.63) is 29.3 Å². The molecule has 1 saturated heterocycles. The van der Waals surface area contributed by atoms with Gasteiger partial charge in [0.15, 0.2) is 0 Å². The van der Waals surface area contributed by atoms with Gasteiger partial charge in [0.05, 0.1) is 6.54 Å². The standard InChI is InChI=1S/C20H32N4O/c1-3-9-24-13-14(12-23-20(25)11-21)10-17-15-5-4-6-18(22-2)16(15)7-8-19(17)24/h4-6,14,17,19,22H,3,7-13,21H2,1-2H3,(H,23,25)/t14-,17+,19+/m0/s1. The number of benzene rings is 1. The van der Waals surface area contributed by atoms with Crippen LogP contribution in [0, 0.1) is 5.92 Å². The van der Waals surface area contributed by atoms with Gasteiger partial charge in [-0.1, -0.05) is 19.1 Å². The largest absolute Gasteiger partial charge is 0.388 e. The Balaban J connectivity index is 1.83. The number of rotatable bonds is 6. The molecule has 0 radical (unpaired) electrons. The number of anilines is 1. The van der Waals surface area contributed by atoms with E-state index in [0.29, 0.717) is 17.9 Å². The highest BCUT2D eigenvalue weighted by atomic mass is 16.1. The maximum atomic E-state index is 11.6. The molecule has 1 aliphatic heterocycles. The second-order valence-electron chi connectivity index (χ2n) is 7.44. The predicted molar refractivity (Wildman–Crippen MR) is 103 cm³/mol. The van der Waals surface area contributed by atoms with Crippen LogP contribution in [-0.4, -0.2) is 50.1 Å². The van der Waals surface area contributed by atoms with Crippen LogP contribution in [-0.2, 0) is 11.2 Å². The third-order valence-electron chi connectivity index (χ3n) is 5.87. The monoisotopic (exact) mass is 344 g/mol. The first-order valence-electron chi connectivity index (χ1n) is 9.68.